The summed E-state index contributed by atoms with van der Waals surface area (Å²) in [6, 6.07) is 10.1. The maximum atomic E-state index is 14.4. The summed E-state index contributed by atoms with van der Waals surface area (Å²) in [5.41, 5.74) is 2.21. The number of pyridine rings is 1. The number of nitrogens with one attached hydrogen (secondary N) is 2. The molecule has 3 aromatic rings. The number of aromatic nitrogens is 3. The molecule has 1 aliphatic heterocycles. The largest absolute Gasteiger partial charge is 0.356 e. The Morgan fingerprint density at radius 1 is 1.30 bits per heavy atom. The summed E-state index contributed by atoms with van der Waals surface area (Å²) in [4.78, 5) is 14.3. The number of H-pyrrole nitrogens is 1. The third kappa shape index (κ3) is 4.09. The molecule has 0 atom stereocenters. The lowest BCUT2D eigenvalue weighted by Crippen LogP contribution is -2.41. The zero-order valence-corrected chi connectivity index (χ0v) is 16.2. The first-order valence-corrected chi connectivity index (χ1v) is 10.5. The molecule has 1 saturated heterocycles. The molecule has 1 aliphatic rings. The van der Waals surface area contributed by atoms with E-state index in [1.807, 2.05) is 42.3 Å². The minimum Gasteiger partial charge on any atom is -0.356 e. The Labute approximate surface area is 162 Å². The van der Waals surface area contributed by atoms with Crippen LogP contribution in [0.4, 0.5) is 10.2 Å². The average Bonchev–Trinajstić information content (AvgIpc) is 3.13. The van der Waals surface area contributed by atoms with Crippen molar-refractivity contribution in [3.05, 3.63) is 42.3 Å². The standard InChI is InChI=1S/C20H24FN5S/c1-2-11-27-25-14-7-9-26(10-8-14)19-12-15(16(21)13-22-19)20-23-17-5-3-4-6-18(17)24-20/h3-6,12-14,25H,2,7-11H2,1H3,(H,23,24). The molecule has 3 heterocycles. The number of nitrogens with zero attached hydrogens (tertiary/aromatic N) is 3. The van der Waals surface area contributed by atoms with Crippen LogP contribution >= 0.6 is 11.9 Å². The van der Waals surface area contributed by atoms with E-state index in [0.717, 1.165) is 48.5 Å². The van der Waals surface area contributed by atoms with Gasteiger partial charge in [-0.15, -0.1) is 0 Å². The van der Waals surface area contributed by atoms with E-state index >= 15 is 0 Å². The molecule has 1 aromatic carbocycles. The first kappa shape index (κ1) is 18.3. The van der Waals surface area contributed by atoms with Crippen LogP contribution in [0.5, 0.6) is 0 Å². The van der Waals surface area contributed by atoms with Crippen molar-refractivity contribution in [2.45, 2.75) is 32.2 Å². The number of aromatic amines is 1. The minimum absolute atomic E-state index is 0.356. The van der Waals surface area contributed by atoms with Crippen molar-refractivity contribution in [1.82, 2.24) is 19.7 Å². The SMILES string of the molecule is CCCSNC1CCN(c2cc(-c3nc4ccccc4[nH]3)c(F)cn2)CC1. The van der Waals surface area contributed by atoms with Crippen LogP contribution in [0, 0.1) is 5.82 Å². The molecule has 0 unspecified atom stereocenters. The van der Waals surface area contributed by atoms with Gasteiger partial charge in [0, 0.05) is 24.9 Å². The Morgan fingerprint density at radius 2 is 2.11 bits per heavy atom. The van der Waals surface area contributed by atoms with Gasteiger partial charge in [0.1, 0.15) is 11.6 Å². The lowest BCUT2D eigenvalue weighted by Gasteiger charge is -2.33. The number of benzene rings is 1. The molecule has 2 aromatic heterocycles. The summed E-state index contributed by atoms with van der Waals surface area (Å²) < 4.78 is 18.0. The van der Waals surface area contributed by atoms with Crippen molar-refractivity contribution in [1.29, 1.82) is 0 Å². The van der Waals surface area contributed by atoms with Gasteiger partial charge in [-0.25, -0.2) is 14.4 Å². The summed E-state index contributed by atoms with van der Waals surface area (Å²) in [5.74, 6) is 2.14. The molecule has 0 aliphatic carbocycles. The van der Waals surface area contributed by atoms with E-state index in [4.69, 9.17) is 0 Å². The maximum absolute atomic E-state index is 14.4. The number of rotatable bonds is 6. The highest BCUT2D eigenvalue weighted by Crippen LogP contribution is 2.27. The normalized spacial score (nSPS) is 15.6. The van der Waals surface area contributed by atoms with Gasteiger partial charge in [0.15, 0.2) is 5.82 Å². The second-order valence-electron chi connectivity index (χ2n) is 6.85. The van der Waals surface area contributed by atoms with Crippen molar-refractivity contribution >= 4 is 28.8 Å². The van der Waals surface area contributed by atoms with Crippen molar-refractivity contribution in [3.8, 4) is 11.4 Å². The zero-order valence-electron chi connectivity index (χ0n) is 15.4. The quantitative estimate of drug-likeness (QED) is 0.487. The first-order valence-electron chi connectivity index (χ1n) is 9.47. The van der Waals surface area contributed by atoms with E-state index in [2.05, 4.69) is 31.5 Å². The van der Waals surface area contributed by atoms with Crippen LogP contribution < -0.4 is 9.62 Å². The molecule has 1 fully saturated rings. The van der Waals surface area contributed by atoms with Gasteiger partial charge in [0.25, 0.3) is 0 Å². The monoisotopic (exact) mass is 385 g/mol. The predicted molar refractivity (Wildman–Crippen MR) is 110 cm³/mol. The fraction of sp³-hybridized carbons (Fsp3) is 0.400. The minimum atomic E-state index is -0.356. The number of anilines is 1. The van der Waals surface area contributed by atoms with E-state index in [1.165, 1.54) is 12.6 Å². The van der Waals surface area contributed by atoms with Gasteiger partial charge in [0.2, 0.25) is 0 Å². The second kappa shape index (κ2) is 8.27. The molecule has 0 saturated carbocycles. The van der Waals surface area contributed by atoms with Crippen LogP contribution in [0.2, 0.25) is 0 Å². The van der Waals surface area contributed by atoms with Crippen molar-refractivity contribution in [3.63, 3.8) is 0 Å². The number of imidazole rings is 1. The number of para-hydroxylation sites is 2. The number of halogens is 1. The molecular formula is C20H24FN5S. The van der Waals surface area contributed by atoms with Gasteiger partial charge in [-0.2, -0.15) is 0 Å². The van der Waals surface area contributed by atoms with Crippen molar-refractivity contribution in [2.24, 2.45) is 0 Å². The fourth-order valence-electron chi connectivity index (χ4n) is 3.37. The fourth-order valence-corrected chi connectivity index (χ4v) is 4.16. The third-order valence-electron chi connectivity index (χ3n) is 4.86. The molecule has 0 bridgehead atoms. The summed E-state index contributed by atoms with van der Waals surface area (Å²) in [7, 11) is 0. The Balaban J connectivity index is 1.50. The second-order valence-corrected chi connectivity index (χ2v) is 7.79. The predicted octanol–water partition coefficient (Wildman–Crippen LogP) is 4.38. The Bertz CT molecular complexity index is 871. The molecular weight excluding hydrogens is 361 g/mol. The van der Waals surface area contributed by atoms with E-state index < -0.39 is 0 Å². The van der Waals surface area contributed by atoms with Crippen LogP contribution in [0.1, 0.15) is 26.2 Å². The summed E-state index contributed by atoms with van der Waals surface area (Å²) in [5, 5.41) is 0. The molecule has 2 N–H and O–H groups in total. The van der Waals surface area contributed by atoms with Crippen LogP contribution in [-0.2, 0) is 0 Å². The average molecular weight is 386 g/mol. The number of hydrogen-bond donors (Lipinski definition) is 2. The van der Waals surface area contributed by atoms with E-state index in [-0.39, 0.29) is 5.82 Å². The number of hydrogen-bond acceptors (Lipinski definition) is 5. The van der Waals surface area contributed by atoms with Gasteiger partial charge in [0.05, 0.1) is 22.8 Å². The Hall–Kier alpha value is -2.12. The number of piperidine rings is 1. The molecule has 27 heavy (non-hydrogen) atoms. The van der Waals surface area contributed by atoms with Gasteiger partial charge in [-0.1, -0.05) is 31.0 Å². The molecule has 4 rings (SSSR count). The first-order chi connectivity index (χ1) is 13.2. The maximum Gasteiger partial charge on any atom is 0.152 e. The Kier molecular flexibility index (Phi) is 5.59. The zero-order chi connectivity index (χ0) is 18.6. The molecule has 0 radical (unpaired) electrons. The lowest BCUT2D eigenvalue weighted by molar-refractivity contribution is 0.476. The van der Waals surface area contributed by atoms with Gasteiger partial charge >= 0.3 is 0 Å². The summed E-state index contributed by atoms with van der Waals surface area (Å²) in [6.45, 7) is 4.03. The summed E-state index contributed by atoms with van der Waals surface area (Å²) >= 11 is 1.81. The molecule has 142 valence electrons. The van der Waals surface area contributed by atoms with Gasteiger partial charge < -0.3 is 9.88 Å². The van der Waals surface area contributed by atoms with E-state index in [0.29, 0.717) is 17.4 Å². The topological polar surface area (TPSA) is 56.8 Å². The van der Waals surface area contributed by atoms with Crippen molar-refractivity contribution in [2.75, 3.05) is 23.7 Å². The Morgan fingerprint density at radius 3 is 2.89 bits per heavy atom. The molecule has 0 spiro atoms. The highest BCUT2D eigenvalue weighted by atomic mass is 32.2. The van der Waals surface area contributed by atoms with Crippen LogP contribution in [-0.4, -0.2) is 39.8 Å². The van der Waals surface area contributed by atoms with Crippen LogP contribution in [0.25, 0.3) is 22.4 Å². The van der Waals surface area contributed by atoms with Gasteiger partial charge in [-0.3, -0.25) is 4.72 Å². The smallest absolute Gasteiger partial charge is 0.152 e. The lowest BCUT2D eigenvalue weighted by atomic mass is 10.1. The van der Waals surface area contributed by atoms with Gasteiger partial charge in [-0.05, 0) is 37.5 Å². The van der Waals surface area contributed by atoms with E-state index in [1.54, 1.807) is 0 Å². The summed E-state index contributed by atoms with van der Waals surface area (Å²) in [6.07, 6.45) is 4.62. The third-order valence-corrected chi connectivity index (χ3v) is 5.97. The van der Waals surface area contributed by atoms with E-state index in [9.17, 15) is 4.39 Å². The number of fused-ring (bicyclic) bond motifs is 1. The molecule has 7 heteroatoms. The van der Waals surface area contributed by atoms with Crippen LogP contribution in [0.3, 0.4) is 0 Å². The van der Waals surface area contributed by atoms with Crippen molar-refractivity contribution < 1.29 is 4.39 Å². The molecule has 0 amide bonds. The van der Waals surface area contributed by atoms with Crippen LogP contribution in [0.15, 0.2) is 36.5 Å². The highest BCUT2D eigenvalue weighted by molar-refractivity contribution is 7.97. The highest BCUT2D eigenvalue weighted by Gasteiger charge is 2.21. The molecule has 5 nitrogen and oxygen atoms in total.